The highest BCUT2D eigenvalue weighted by molar-refractivity contribution is 7.71. The molecule has 0 spiro atoms. The summed E-state index contributed by atoms with van der Waals surface area (Å²) in [6.45, 7) is 0. The van der Waals surface area contributed by atoms with Gasteiger partial charge in [-0.25, -0.2) is 5.10 Å². The first kappa shape index (κ1) is 16.5. The molecule has 8 heteroatoms. The van der Waals surface area contributed by atoms with E-state index in [2.05, 4.69) is 15.3 Å². The number of nitrogens with zero attached hydrogens (tertiary/aromatic N) is 4. The van der Waals surface area contributed by atoms with Gasteiger partial charge in [0.25, 0.3) is 5.69 Å². The molecule has 0 fully saturated rings. The van der Waals surface area contributed by atoms with Gasteiger partial charge < -0.3 is 0 Å². The molecule has 0 aliphatic carbocycles. The number of para-hydroxylation sites is 1. The fourth-order valence-electron chi connectivity index (χ4n) is 2.22. The summed E-state index contributed by atoms with van der Waals surface area (Å²) >= 11 is 5.19. The molecule has 0 unspecified atom stereocenters. The Labute approximate surface area is 148 Å². The average Bonchev–Trinajstić information content (AvgIpc) is 3.00. The van der Waals surface area contributed by atoms with Crippen molar-refractivity contribution < 1.29 is 4.92 Å². The van der Waals surface area contributed by atoms with E-state index in [0.29, 0.717) is 16.2 Å². The molecule has 7 nitrogen and oxygen atoms in total. The highest BCUT2D eigenvalue weighted by atomic mass is 32.1. The lowest BCUT2D eigenvalue weighted by atomic mass is 10.2. The Hall–Kier alpha value is -3.39. The first-order valence-electron chi connectivity index (χ1n) is 7.34. The molecule has 0 radical (unpaired) electrons. The number of nitro benzene ring substituents is 1. The first-order chi connectivity index (χ1) is 12.2. The standard InChI is InChI=1S/C17H13N5O2S/c23-22(24)15-11-5-4-7-13(15)10-6-12-18-21-16(19-20-17(21)25)14-8-2-1-3-9-14/h1-12H,(H,20,25)/b10-6+,18-12+. The zero-order chi connectivity index (χ0) is 17.6. The van der Waals surface area contributed by atoms with Crippen LogP contribution in [0.15, 0.2) is 65.8 Å². The van der Waals surface area contributed by atoms with Crippen LogP contribution in [0.1, 0.15) is 5.56 Å². The van der Waals surface area contributed by atoms with Crippen LogP contribution in [0.25, 0.3) is 17.5 Å². The van der Waals surface area contributed by atoms with E-state index in [1.807, 2.05) is 30.3 Å². The Kier molecular flexibility index (Phi) is 4.91. The fourth-order valence-corrected chi connectivity index (χ4v) is 2.40. The summed E-state index contributed by atoms with van der Waals surface area (Å²) in [4.78, 5) is 10.6. The second-order valence-electron chi connectivity index (χ2n) is 4.97. The molecule has 25 heavy (non-hydrogen) atoms. The van der Waals surface area contributed by atoms with E-state index in [-0.39, 0.29) is 5.69 Å². The van der Waals surface area contributed by atoms with Gasteiger partial charge in [-0.3, -0.25) is 10.1 Å². The molecule has 0 bridgehead atoms. The van der Waals surface area contributed by atoms with Gasteiger partial charge in [-0.2, -0.15) is 14.9 Å². The summed E-state index contributed by atoms with van der Waals surface area (Å²) < 4.78 is 1.85. The minimum Gasteiger partial charge on any atom is -0.258 e. The van der Waals surface area contributed by atoms with Crippen molar-refractivity contribution in [2.24, 2.45) is 5.10 Å². The quantitative estimate of drug-likeness (QED) is 0.325. The maximum atomic E-state index is 11.0. The van der Waals surface area contributed by atoms with Gasteiger partial charge in [0.05, 0.1) is 10.5 Å². The average molecular weight is 351 g/mol. The number of nitro groups is 1. The topological polar surface area (TPSA) is 89.1 Å². The summed E-state index contributed by atoms with van der Waals surface area (Å²) in [5.41, 5.74) is 1.41. The van der Waals surface area contributed by atoms with Crippen LogP contribution in [0.5, 0.6) is 0 Å². The molecule has 3 rings (SSSR count). The molecule has 0 atom stereocenters. The van der Waals surface area contributed by atoms with Crippen LogP contribution in [-0.2, 0) is 0 Å². The highest BCUT2D eigenvalue weighted by Gasteiger charge is 2.09. The maximum absolute atomic E-state index is 11.0. The van der Waals surface area contributed by atoms with Gasteiger partial charge in [-0.15, -0.1) is 0 Å². The monoisotopic (exact) mass is 351 g/mol. The summed E-state index contributed by atoms with van der Waals surface area (Å²) in [5.74, 6) is 0.584. The lowest BCUT2D eigenvalue weighted by molar-refractivity contribution is -0.385. The van der Waals surface area contributed by atoms with Gasteiger partial charge in [0.1, 0.15) is 0 Å². The Morgan fingerprint density at radius 2 is 1.88 bits per heavy atom. The van der Waals surface area contributed by atoms with Crippen molar-refractivity contribution in [3.63, 3.8) is 0 Å². The van der Waals surface area contributed by atoms with Crippen LogP contribution < -0.4 is 0 Å². The number of aromatic nitrogens is 3. The van der Waals surface area contributed by atoms with Crippen molar-refractivity contribution in [1.29, 1.82) is 0 Å². The van der Waals surface area contributed by atoms with Gasteiger partial charge in [0.2, 0.25) is 4.77 Å². The number of H-pyrrole nitrogens is 1. The van der Waals surface area contributed by atoms with Crippen LogP contribution in [0.3, 0.4) is 0 Å². The largest absolute Gasteiger partial charge is 0.276 e. The summed E-state index contributed by atoms with van der Waals surface area (Å²) in [6.07, 6.45) is 4.74. The SMILES string of the molecule is O=[N+]([O-])c1ccccc1/C=C/C=N/n1c(-c2ccccc2)n[nH]c1=S. The van der Waals surface area contributed by atoms with Crippen molar-refractivity contribution in [2.45, 2.75) is 0 Å². The number of benzene rings is 2. The van der Waals surface area contributed by atoms with E-state index in [0.717, 1.165) is 5.56 Å². The number of hydrogen-bond donors (Lipinski definition) is 1. The van der Waals surface area contributed by atoms with Crippen LogP contribution in [0.2, 0.25) is 0 Å². The van der Waals surface area contributed by atoms with Crippen LogP contribution in [0, 0.1) is 14.9 Å². The second kappa shape index (κ2) is 7.45. The van der Waals surface area contributed by atoms with E-state index < -0.39 is 4.92 Å². The number of nitrogens with one attached hydrogen (secondary N) is 1. The minimum absolute atomic E-state index is 0.0389. The molecule has 0 saturated carbocycles. The third-order valence-electron chi connectivity index (χ3n) is 3.36. The van der Waals surface area contributed by atoms with Crippen molar-refractivity contribution >= 4 is 30.2 Å². The summed E-state index contributed by atoms with van der Waals surface area (Å²) in [7, 11) is 0. The molecule has 0 aliphatic heterocycles. The van der Waals surface area contributed by atoms with E-state index in [4.69, 9.17) is 12.2 Å². The summed E-state index contributed by atoms with van der Waals surface area (Å²) in [6, 6.07) is 16.0. The molecule has 2 aromatic carbocycles. The zero-order valence-corrected chi connectivity index (χ0v) is 13.8. The number of aromatic amines is 1. The number of rotatable bonds is 5. The Bertz CT molecular complexity index is 1010. The normalized spacial score (nSPS) is 11.4. The zero-order valence-electron chi connectivity index (χ0n) is 12.9. The lowest BCUT2D eigenvalue weighted by Gasteiger charge is -1.99. The molecule has 3 aromatic rings. The Morgan fingerprint density at radius 1 is 1.16 bits per heavy atom. The third kappa shape index (κ3) is 3.75. The molecule has 0 saturated heterocycles. The molecule has 124 valence electrons. The predicted molar refractivity (Wildman–Crippen MR) is 98.9 cm³/mol. The fraction of sp³-hybridized carbons (Fsp3) is 0. The first-order valence-corrected chi connectivity index (χ1v) is 7.75. The van der Waals surface area contributed by atoms with E-state index in [1.165, 1.54) is 17.0 Å². The summed E-state index contributed by atoms with van der Waals surface area (Å²) in [5, 5.41) is 22.1. The Morgan fingerprint density at radius 3 is 2.64 bits per heavy atom. The van der Waals surface area contributed by atoms with Crippen molar-refractivity contribution in [2.75, 3.05) is 0 Å². The van der Waals surface area contributed by atoms with Crippen molar-refractivity contribution in [3.05, 3.63) is 81.1 Å². The molecular formula is C17H13N5O2S. The van der Waals surface area contributed by atoms with Gasteiger partial charge in [0.15, 0.2) is 5.82 Å². The molecule has 0 amide bonds. The second-order valence-corrected chi connectivity index (χ2v) is 5.36. The minimum atomic E-state index is -0.420. The van der Waals surface area contributed by atoms with Gasteiger partial charge >= 0.3 is 0 Å². The van der Waals surface area contributed by atoms with Crippen LogP contribution in [0.4, 0.5) is 5.69 Å². The predicted octanol–water partition coefficient (Wildman–Crippen LogP) is 4.06. The molecule has 0 aliphatic rings. The lowest BCUT2D eigenvalue weighted by Crippen LogP contribution is -1.93. The van der Waals surface area contributed by atoms with Gasteiger partial charge in [0, 0.05) is 17.8 Å². The molecular weight excluding hydrogens is 338 g/mol. The van der Waals surface area contributed by atoms with Crippen LogP contribution >= 0.6 is 12.2 Å². The number of hydrogen-bond acceptors (Lipinski definition) is 5. The maximum Gasteiger partial charge on any atom is 0.276 e. The third-order valence-corrected chi connectivity index (χ3v) is 3.62. The van der Waals surface area contributed by atoms with Crippen molar-refractivity contribution in [3.8, 4) is 11.4 Å². The Balaban J connectivity index is 1.86. The molecule has 1 N–H and O–H groups in total. The van der Waals surface area contributed by atoms with E-state index in [9.17, 15) is 10.1 Å². The van der Waals surface area contributed by atoms with Gasteiger partial charge in [-0.1, -0.05) is 42.5 Å². The van der Waals surface area contributed by atoms with Gasteiger partial charge in [-0.05, 0) is 30.4 Å². The van der Waals surface area contributed by atoms with E-state index in [1.54, 1.807) is 30.4 Å². The smallest absolute Gasteiger partial charge is 0.258 e. The number of allylic oxidation sites excluding steroid dienone is 1. The highest BCUT2D eigenvalue weighted by Crippen LogP contribution is 2.19. The molecule has 1 heterocycles. The van der Waals surface area contributed by atoms with E-state index >= 15 is 0 Å². The molecule has 1 aromatic heterocycles. The van der Waals surface area contributed by atoms with Crippen molar-refractivity contribution in [1.82, 2.24) is 14.9 Å². The van der Waals surface area contributed by atoms with Crippen LogP contribution in [-0.4, -0.2) is 26.0 Å².